The van der Waals surface area contributed by atoms with Crippen molar-refractivity contribution in [3.63, 3.8) is 0 Å². The van der Waals surface area contributed by atoms with Gasteiger partial charge in [0.1, 0.15) is 5.82 Å². The first-order valence-corrected chi connectivity index (χ1v) is 12.1. The number of rotatable bonds is 4. The summed E-state index contributed by atoms with van der Waals surface area (Å²) in [5.74, 6) is 3.77. The van der Waals surface area contributed by atoms with Crippen LogP contribution in [-0.2, 0) is 9.47 Å². The molecule has 34 heavy (non-hydrogen) atoms. The van der Waals surface area contributed by atoms with Gasteiger partial charge in [0.15, 0.2) is 5.82 Å². The number of pyridine rings is 1. The van der Waals surface area contributed by atoms with E-state index in [2.05, 4.69) is 14.8 Å². The summed E-state index contributed by atoms with van der Waals surface area (Å²) in [5.41, 5.74) is 5.71. The third-order valence-electron chi connectivity index (χ3n) is 8.85. The van der Waals surface area contributed by atoms with Crippen LogP contribution in [0.25, 0.3) is 11.4 Å². The van der Waals surface area contributed by atoms with Gasteiger partial charge in [-0.3, -0.25) is 0 Å². The maximum absolute atomic E-state index is 14.0. The Balaban J connectivity index is 1.28. The summed E-state index contributed by atoms with van der Waals surface area (Å²) in [6.45, 7) is 2.58. The maximum Gasteiger partial charge on any atom is 0.264 e. The molecule has 178 valence electrons. The van der Waals surface area contributed by atoms with Crippen LogP contribution < -0.4 is 15.5 Å². The largest absolute Gasteiger partial charge is 0.384 e. The predicted molar refractivity (Wildman–Crippen MR) is 117 cm³/mol. The molecule has 4 aliphatic heterocycles. The van der Waals surface area contributed by atoms with E-state index in [-0.39, 0.29) is 46.9 Å². The third-order valence-corrected chi connectivity index (χ3v) is 8.85. The van der Waals surface area contributed by atoms with Crippen LogP contribution in [0.4, 0.5) is 26.5 Å². The van der Waals surface area contributed by atoms with Gasteiger partial charge >= 0.3 is 0 Å². The fraction of sp³-hybridized carbons (Fsp3) is 0.652. The number of nitrogens with zero attached hydrogens (tertiary/aromatic N) is 6. The van der Waals surface area contributed by atoms with E-state index in [1.807, 2.05) is 0 Å². The average Bonchev–Trinajstić information content (AvgIpc) is 3.75. The lowest BCUT2D eigenvalue weighted by molar-refractivity contribution is 0.0756. The Bertz CT molecular complexity index is 1090. The average molecular weight is 469 g/mol. The molecule has 2 saturated carbocycles. The molecule has 6 fully saturated rings. The smallest absolute Gasteiger partial charge is 0.264 e. The number of fused-ring (bicyclic) bond motifs is 10. The highest BCUT2D eigenvalue weighted by Gasteiger charge is 2.63. The van der Waals surface area contributed by atoms with Gasteiger partial charge in [0, 0.05) is 17.3 Å². The summed E-state index contributed by atoms with van der Waals surface area (Å²) in [5, 5.41) is 0. The minimum Gasteiger partial charge on any atom is -0.384 e. The molecule has 6 aliphatic rings. The molecule has 2 aromatic rings. The van der Waals surface area contributed by atoms with Crippen molar-refractivity contribution in [2.24, 2.45) is 23.7 Å². The lowest BCUT2D eigenvalue weighted by Gasteiger charge is -2.40. The number of hydrogen-bond donors (Lipinski definition) is 1. The second kappa shape index (κ2) is 6.72. The first kappa shape index (κ1) is 19.6. The molecule has 8 atom stereocenters. The van der Waals surface area contributed by atoms with E-state index >= 15 is 0 Å². The number of piperidine rings is 2. The standard InChI is InChI=1S/C23H25F2N7O2/c24-20(25)13-3-19(26)27-4-14(13)21-28-22(31-15-5-33-6-16(31)10-1-9(10)15)30-23(29-21)32-17-7-34-8-18(32)12-2-11(12)17/h3-4,9-12,15-18,20H,1-2,5-8H2,(H2,26,27). The number of morpholine rings is 2. The Morgan fingerprint density at radius 1 is 0.824 bits per heavy atom. The number of halogens is 2. The Labute approximate surface area is 194 Å². The Hall–Kier alpha value is -2.66. The molecule has 0 aromatic carbocycles. The molecule has 11 heteroatoms. The van der Waals surface area contributed by atoms with Crippen molar-refractivity contribution in [3.05, 3.63) is 17.8 Å². The number of anilines is 3. The monoisotopic (exact) mass is 469 g/mol. The molecule has 0 radical (unpaired) electrons. The van der Waals surface area contributed by atoms with Gasteiger partial charge in [-0.1, -0.05) is 0 Å². The van der Waals surface area contributed by atoms with Crippen LogP contribution in [-0.4, -0.2) is 70.5 Å². The quantitative estimate of drug-likeness (QED) is 0.719. The van der Waals surface area contributed by atoms with Gasteiger partial charge in [-0.15, -0.1) is 0 Å². The predicted octanol–water partition coefficient (Wildman–Crippen LogP) is 1.90. The van der Waals surface area contributed by atoms with Crippen molar-refractivity contribution < 1.29 is 18.3 Å². The van der Waals surface area contributed by atoms with Gasteiger partial charge < -0.3 is 25.0 Å². The number of nitrogens with two attached hydrogens (primary N) is 1. The van der Waals surface area contributed by atoms with Crippen molar-refractivity contribution in [3.8, 4) is 11.4 Å². The van der Waals surface area contributed by atoms with Crippen molar-refractivity contribution in [1.29, 1.82) is 0 Å². The number of ether oxygens (including phenoxy) is 2. The highest BCUT2D eigenvalue weighted by molar-refractivity contribution is 5.65. The second-order valence-corrected chi connectivity index (χ2v) is 10.5. The van der Waals surface area contributed by atoms with Crippen molar-refractivity contribution >= 4 is 17.7 Å². The molecule has 8 rings (SSSR count). The molecular weight excluding hydrogens is 444 g/mol. The van der Waals surface area contributed by atoms with Crippen LogP contribution in [0.15, 0.2) is 12.3 Å². The molecule has 8 unspecified atom stereocenters. The van der Waals surface area contributed by atoms with E-state index in [1.165, 1.54) is 25.1 Å². The van der Waals surface area contributed by atoms with Crippen LogP contribution in [0, 0.1) is 23.7 Å². The Kier molecular flexibility index (Phi) is 3.88. The van der Waals surface area contributed by atoms with Crippen LogP contribution in [0.1, 0.15) is 24.8 Å². The molecule has 0 spiro atoms. The van der Waals surface area contributed by atoms with Gasteiger partial charge in [-0.05, 0) is 42.6 Å². The van der Waals surface area contributed by atoms with Crippen LogP contribution in [0.5, 0.6) is 0 Å². The number of aromatic nitrogens is 4. The van der Waals surface area contributed by atoms with Crippen LogP contribution in [0.3, 0.4) is 0 Å². The van der Waals surface area contributed by atoms with E-state index in [4.69, 9.17) is 30.2 Å². The summed E-state index contributed by atoms with van der Waals surface area (Å²) in [7, 11) is 0. The molecular formula is C23H25F2N7O2. The molecule has 4 saturated heterocycles. The van der Waals surface area contributed by atoms with Gasteiger partial charge in [0.05, 0.1) is 50.6 Å². The normalized spacial score (nSPS) is 38.8. The van der Waals surface area contributed by atoms with Crippen LogP contribution in [0.2, 0.25) is 0 Å². The SMILES string of the molecule is Nc1cc(C(F)F)c(-c2nc(N3C4COCC3C3CC34)nc(N3C4COCC3C3CC34)n2)cn1. The highest BCUT2D eigenvalue weighted by Crippen LogP contribution is 2.58. The van der Waals surface area contributed by atoms with Crippen LogP contribution >= 0.6 is 0 Å². The molecule has 4 bridgehead atoms. The summed E-state index contributed by atoms with van der Waals surface area (Å²) in [6, 6.07) is 2.10. The molecule has 2 aromatic heterocycles. The Morgan fingerprint density at radius 3 is 1.79 bits per heavy atom. The topological polar surface area (TPSA) is 103 Å². The van der Waals surface area contributed by atoms with Crippen molar-refractivity contribution in [2.45, 2.75) is 43.4 Å². The number of hydrogen-bond acceptors (Lipinski definition) is 9. The summed E-state index contributed by atoms with van der Waals surface area (Å²) in [4.78, 5) is 23.1. The van der Waals surface area contributed by atoms with E-state index < -0.39 is 6.43 Å². The van der Waals surface area contributed by atoms with E-state index in [0.29, 0.717) is 62.0 Å². The van der Waals surface area contributed by atoms with Gasteiger partial charge in [-0.2, -0.15) is 15.0 Å². The van der Waals surface area contributed by atoms with E-state index in [9.17, 15) is 8.78 Å². The van der Waals surface area contributed by atoms with E-state index in [0.717, 1.165) is 0 Å². The summed E-state index contributed by atoms with van der Waals surface area (Å²) >= 11 is 0. The van der Waals surface area contributed by atoms with Gasteiger partial charge in [0.2, 0.25) is 11.9 Å². The summed E-state index contributed by atoms with van der Waals surface area (Å²) < 4.78 is 39.6. The second-order valence-electron chi connectivity index (χ2n) is 10.5. The molecule has 9 nitrogen and oxygen atoms in total. The summed E-state index contributed by atoms with van der Waals surface area (Å²) in [6.07, 6.45) is 1.07. The molecule has 0 amide bonds. The maximum atomic E-state index is 14.0. The molecule has 6 heterocycles. The van der Waals surface area contributed by atoms with Crippen molar-refractivity contribution in [1.82, 2.24) is 19.9 Å². The molecule has 2 aliphatic carbocycles. The number of nitrogen functional groups attached to an aromatic ring is 1. The van der Waals surface area contributed by atoms with Gasteiger partial charge in [0.25, 0.3) is 6.43 Å². The fourth-order valence-electron chi connectivity index (χ4n) is 7.15. The zero-order valence-electron chi connectivity index (χ0n) is 18.4. The van der Waals surface area contributed by atoms with Gasteiger partial charge in [-0.25, -0.2) is 13.8 Å². The van der Waals surface area contributed by atoms with Crippen molar-refractivity contribution in [2.75, 3.05) is 42.0 Å². The lowest BCUT2D eigenvalue weighted by Crippen LogP contribution is -2.52. The minimum atomic E-state index is -2.72. The first-order chi connectivity index (χ1) is 16.6. The number of alkyl halides is 2. The fourth-order valence-corrected chi connectivity index (χ4v) is 7.15. The Morgan fingerprint density at radius 2 is 1.32 bits per heavy atom. The highest BCUT2D eigenvalue weighted by atomic mass is 19.3. The molecule has 2 N–H and O–H groups in total. The zero-order chi connectivity index (χ0) is 22.7. The van der Waals surface area contributed by atoms with E-state index in [1.54, 1.807) is 0 Å². The first-order valence-electron chi connectivity index (χ1n) is 12.1. The minimum absolute atomic E-state index is 0.0474. The zero-order valence-corrected chi connectivity index (χ0v) is 18.4. The lowest BCUT2D eigenvalue weighted by atomic mass is 10.1. The third kappa shape index (κ3) is 2.65.